The highest BCUT2D eigenvalue weighted by Crippen LogP contribution is 2.45. The maximum Gasteiger partial charge on any atom is 0.259 e. The lowest BCUT2D eigenvalue weighted by Crippen LogP contribution is -2.57. The van der Waals surface area contributed by atoms with Crippen molar-refractivity contribution in [1.29, 1.82) is 0 Å². The molecule has 4 amide bonds. The highest BCUT2D eigenvalue weighted by atomic mass is 32.2. The second-order valence-corrected chi connectivity index (χ2v) is 14.5. The van der Waals surface area contributed by atoms with Gasteiger partial charge in [0.15, 0.2) is 0 Å². The molecule has 3 aliphatic rings. The monoisotopic (exact) mass is 699 g/mol. The number of benzene rings is 2. The number of nitrogens with one attached hydrogen (secondary N) is 3. The molecule has 0 unspecified atom stereocenters. The number of hydrogen-bond donors (Lipinski definition) is 3. The summed E-state index contributed by atoms with van der Waals surface area (Å²) in [6.07, 6.45) is 4.83. The third-order valence-corrected chi connectivity index (χ3v) is 10.8. The van der Waals surface area contributed by atoms with E-state index in [0.717, 1.165) is 16.5 Å². The molecule has 4 atom stereocenters. The number of fused-ring (bicyclic) bond motifs is 1. The lowest BCUT2D eigenvalue weighted by Gasteiger charge is -2.27. The maximum atomic E-state index is 14.0. The van der Waals surface area contributed by atoms with E-state index < -0.39 is 62.4 Å². The van der Waals surface area contributed by atoms with Crippen LogP contribution in [0.1, 0.15) is 32.6 Å². The normalized spacial score (nSPS) is 21.7. The fourth-order valence-electron chi connectivity index (χ4n) is 5.95. The van der Waals surface area contributed by atoms with Gasteiger partial charge in [0.05, 0.1) is 23.6 Å². The smallest absolute Gasteiger partial charge is 0.259 e. The Kier molecular flexibility index (Phi) is 9.23. The molecule has 0 spiro atoms. The van der Waals surface area contributed by atoms with Crippen molar-refractivity contribution in [2.45, 2.75) is 55.5 Å². The average molecular weight is 700 g/mol. The van der Waals surface area contributed by atoms with Crippen molar-refractivity contribution in [3.8, 4) is 22.8 Å². The van der Waals surface area contributed by atoms with Crippen LogP contribution in [-0.2, 0) is 29.2 Å². The third kappa shape index (κ3) is 6.83. The molecule has 0 bridgehead atoms. The molecule has 50 heavy (non-hydrogen) atoms. The van der Waals surface area contributed by atoms with E-state index in [4.69, 9.17) is 14.5 Å². The molecule has 260 valence electrons. The summed E-state index contributed by atoms with van der Waals surface area (Å²) in [4.78, 5) is 59.1. The van der Waals surface area contributed by atoms with Gasteiger partial charge in [-0.3, -0.25) is 23.9 Å². The first kappa shape index (κ1) is 34.4. The van der Waals surface area contributed by atoms with E-state index in [2.05, 4.69) is 28.5 Å². The van der Waals surface area contributed by atoms with E-state index in [-0.39, 0.29) is 18.6 Å². The molecule has 2 aliphatic carbocycles. The number of hydrogen-bond acceptors (Lipinski definition) is 9. The molecule has 2 saturated carbocycles. The number of nitrogens with zero attached hydrogens (tertiary/aromatic N) is 2. The van der Waals surface area contributed by atoms with Crippen molar-refractivity contribution >= 4 is 44.6 Å². The SMILES string of the molecule is C=CC(=O)N[C@H](C)C(=O)N1C=C(Oc2cc(-c3ccccc3)nc3cc(OC)ccc23)C[C@H]1C(=O)N[C@]1(C(=O)NS(=O)(=O)C2CC2)C[C@H]1C=C. The zero-order valence-corrected chi connectivity index (χ0v) is 28.4. The van der Waals surface area contributed by atoms with Crippen LogP contribution in [0.3, 0.4) is 0 Å². The molecule has 13 nitrogen and oxygen atoms in total. The van der Waals surface area contributed by atoms with Crippen molar-refractivity contribution in [3.63, 3.8) is 0 Å². The Bertz CT molecular complexity index is 2050. The van der Waals surface area contributed by atoms with Gasteiger partial charge in [-0.25, -0.2) is 13.4 Å². The van der Waals surface area contributed by atoms with Crippen molar-refractivity contribution in [1.82, 2.24) is 25.2 Å². The first-order chi connectivity index (χ1) is 23.9. The summed E-state index contributed by atoms with van der Waals surface area (Å²) < 4.78 is 39.2. The van der Waals surface area contributed by atoms with Crippen molar-refractivity contribution in [3.05, 3.63) is 91.9 Å². The number of aromatic nitrogens is 1. The number of sulfonamides is 1. The van der Waals surface area contributed by atoms with E-state index in [1.165, 1.54) is 19.2 Å². The number of amides is 4. The number of methoxy groups -OCH3 is 1. The van der Waals surface area contributed by atoms with Gasteiger partial charge in [-0.1, -0.05) is 43.0 Å². The van der Waals surface area contributed by atoms with Crippen LogP contribution in [0.5, 0.6) is 11.5 Å². The van der Waals surface area contributed by atoms with E-state index in [1.807, 2.05) is 30.3 Å². The Hall–Kier alpha value is -5.50. The van der Waals surface area contributed by atoms with Crippen LogP contribution in [-0.4, -0.2) is 71.9 Å². The summed E-state index contributed by atoms with van der Waals surface area (Å²) in [5, 5.41) is 5.24. The highest BCUT2D eigenvalue weighted by Gasteiger charge is 2.61. The molecule has 14 heteroatoms. The number of carbonyl (C=O) groups is 4. The number of rotatable bonds is 13. The van der Waals surface area contributed by atoms with Gasteiger partial charge in [0.2, 0.25) is 27.7 Å². The highest BCUT2D eigenvalue weighted by molar-refractivity contribution is 7.91. The molecular weight excluding hydrogens is 662 g/mol. The second kappa shape index (κ2) is 13.4. The first-order valence-corrected chi connectivity index (χ1v) is 17.6. The van der Waals surface area contributed by atoms with E-state index >= 15 is 0 Å². The third-order valence-electron chi connectivity index (χ3n) is 9.02. The molecular formula is C36H37N5O8S. The van der Waals surface area contributed by atoms with E-state index in [9.17, 15) is 27.6 Å². The quantitative estimate of drug-likeness (QED) is 0.179. The molecule has 3 aromatic rings. The second-order valence-electron chi connectivity index (χ2n) is 12.5. The van der Waals surface area contributed by atoms with Gasteiger partial charge in [-0.15, -0.1) is 6.58 Å². The minimum Gasteiger partial charge on any atom is -0.497 e. The van der Waals surface area contributed by atoms with Crippen LogP contribution in [0.4, 0.5) is 0 Å². The number of ether oxygens (including phenoxy) is 2. The summed E-state index contributed by atoms with van der Waals surface area (Å²) in [5.74, 6) is -2.08. The Morgan fingerprint density at radius 3 is 2.46 bits per heavy atom. The number of pyridine rings is 1. The standard InChI is InChI=1S/C36H37N5O8S/c1-5-23-19-36(23,35(45)40-50(46,47)26-13-14-26)39-33(43)30-17-25(20-41(30)34(44)21(3)37-32(42)6-2)49-31-18-28(22-10-8-7-9-11-22)38-29-16-24(48-4)12-15-27(29)31/h5-12,15-16,18,20-21,23,26,30H,1-2,13-14,17,19H2,3-4H3,(H,37,42)(H,39,43)(H,40,45)/t21-,23-,30+,36-/m1/s1. The Labute approximate surface area is 289 Å². The number of carbonyl (C=O) groups excluding carboxylic acids is 4. The Morgan fingerprint density at radius 1 is 1.08 bits per heavy atom. The average Bonchev–Trinajstić information content (AvgIpc) is 4.04. The Morgan fingerprint density at radius 2 is 1.82 bits per heavy atom. The predicted octanol–water partition coefficient (Wildman–Crippen LogP) is 3.09. The zero-order chi connectivity index (χ0) is 35.8. The molecule has 0 saturated heterocycles. The van der Waals surface area contributed by atoms with Crippen LogP contribution in [0.25, 0.3) is 22.2 Å². The minimum absolute atomic E-state index is 0.100. The molecule has 1 aliphatic heterocycles. The van der Waals surface area contributed by atoms with Crippen LogP contribution in [0.15, 0.2) is 91.9 Å². The van der Waals surface area contributed by atoms with Crippen molar-refractivity contribution in [2.24, 2.45) is 5.92 Å². The van der Waals surface area contributed by atoms with Crippen molar-refractivity contribution < 1.29 is 37.1 Å². The fourth-order valence-corrected chi connectivity index (χ4v) is 7.32. The summed E-state index contributed by atoms with van der Waals surface area (Å²) in [6.45, 7) is 8.63. The molecule has 2 fully saturated rings. The van der Waals surface area contributed by atoms with Gasteiger partial charge >= 0.3 is 0 Å². The summed E-state index contributed by atoms with van der Waals surface area (Å²) in [5.41, 5.74) is 0.464. The van der Waals surface area contributed by atoms with Gasteiger partial charge in [0, 0.05) is 41.6 Å². The lowest BCUT2D eigenvalue weighted by atomic mass is 10.1. The van der Waals surface area contributed by atoms with Gasteiger partial charge in [-0.05, 0) is 44.4 Å². The molecule has 2 heterocycles. The maximum absolute atomic E-state index is 14.0. The summed E-state index contributed by atoms with van der Waals surface area (Å²) in [7, 11) is -2.34. The molecule has 0 radical (unpaired) electrons. The van der Waals surface area contributed by atoms with Gasteiger partial charge < -0.3 is 25.0 Å². The largest absolute Gasteiger partial charge is 0.497 e. The van der Waals surface area contributed by atoms with Crippen LogP contribution < -0.4 is 24.8 Å². The molecule has 3 N–H and O–H groups in total. The summed E-state index contributed by atoms with van der Waals surface area (Å²) >= 11 is 0. The Balaban J connectivity index is 1.32. The fraction of sp³-hybridized carbons (Fsp3) is 0.306. The lowest BCUT2D eigenvalue weighted by molar-refractivity contribution is -0.140. The molecule has 6 rings (SSSR count). The zero-order valence-electron chi connectivity index (χ0n) is 27.5. The van der Waals surface area contributed by atoms with Crippen molar-refractivity contribution in [2.75, 3.05) is 7.11 Å². The van der Waals surface area contributed by atoms with E-state index in [0.29, 0.717) is 40.9 Å². The topological polar surface area (TPSA) is 173 Å². The molecule has 1 aromatic heterocycles. The predicted molar refractivity (Wildman–Crippen MR) is 185 cm³/mol. The van der Waals surface area contributed by atoms with Crippen LogP contribution >= 0.6 is 0 Å². The van der Waals surface area contributed by atoms with E-state index in [1.54, 1.807) is 31.4 Å². The van der Waals surface area contributed by atoms with Gasteiger partial charge in [-0.2, -0.15) is 0 Å². The van der Waals surface area contributed by atoms with Gasteiger partial charge in [0.1, 0.15) is 34.9 Å². The minimum atomic E-state index is -3.90. The van der Waals surface area contributed by atoms with Gasteiger partial charge in [0.25, 0.3) is 5.91 Å². The summed E-state index contributed by atoms with van der Waals surface area (Å²) in [6, 6.07) is 14.3. The van der Waals surface area contributed by atoms with Crippen LogP contribution in [0, 0.1) is 5.92 Å². The van der Waals surface area contributed by atoms with Crippen LogP contribution in [0.2, 0.25) is 0 Å². The molecule has 2 aromatic carbocycles. The first-order valence-electron chi connectivity index (χ1n) is 16.1.